The normalized spacial score (nSPS) is 29.5. The third kappa shape index (κ3) is 4.27. The number of piperidine rings is 1. The van der Waals surface area contributed by atoms with Crippen molar-refractivity contribution >= 4 is 21.7 Å². The number of sulfone groups is 1. The fourth-order valence-electron chi connectivity index (χ4n) is 3.72. The Morgan fingerprint density at radius 3 is 2.29 bits per heavy atom. The van der Waals surface area contributed by atoms with E-state index in [4.69, 9.17) is 4.74 Å². The van der Waals surface area contributed by atoms with Gasteiger partial charge in [-0.2, -0.15) is 0 Å². The zero-order valence-electron chi connectivity index (χ0n) is 14.7. The molecule has 0 saturated carbocycles. The maximum absolute atomic E-state index is 12.8. The minimum atomic E-state index is -3.13. The average molecular weight is 360 g/mol. The molecule has 2 amide bonds. The van der Waals surface area contributed by atoms with Crippen LogP contribution in [0.3, 0.4) is 0 Å². The fraction of sp³-hybridized carbons (Fsp3) is 0.875. The first-order valence-corrected chi connectivity index (χ1v) is 10.4. The molecule has 0 spiro atoms. The number of likely N-dealkylation sites (tertiary alicyclic amines) is 1. The van der Waals surface area contributed by atoms with Crippen molar-refractivity contribution in [3.05, 3.63) is 0 Å². The maximum atomic E-state index is 12.8. The van der Waals surface area contributed by atoms with E-state index >= 15 is 0 Å². The molecule has 2 fully saturated rings. The van der Waals surface area contributed by atoms with Crippen LogP contribution in [0.15, 0.2) is 0 Å². The first-order chi connectivity index (χ1) is 11.3. The molecule has 0 radical (unpaired) electrons. The lowest BCUT2D eigenvalue weighted by Crippen LogP contribution is -2.56. The van der Waals surface area contributed by atoms with Crippen molar-refractivity contribution in [3.8, 4) is 0 Å². The van der Waals surface area contributed by atoms with Crippen molar-refractivity contribution in [2.24, 2.45) is 0 Å². The molecule has 0 aromatic heterocycles. The van der Waals surface area contributed by atoms with E-state index < -0.39 is 27.7 Å². The van der Waals surface area contributed by atoms with Gasteiger partial charge >= 0.3 is 11.8 Å². The number of nitrogens with zero attached hydrogens (tertiary/aromatic N) is 2. The predicted octanol–water partition coefficient (Wildman–Crippen LogP) is 0.438. The van der Waals surface area contributed by atoms with Gasteiger partial charge in [0.15, 0.2) is 9.84 Å². The Balaban J connectivity index is 2.15. The van der Waals surface area contributed by atoms with Gasteiger partial charge in [0, 0.05) is 31.8 Å². The highest BCUT2D eigenvalue weighted by molar-refractivity contribution is 7.91. The molecule has 2 heterocycles. The summed E-state index contributed by atoms with van der Waals surface area (Å²) in [6, 6.07) is -0.374. The van der Waals surface area contributed by atoms with Crippen LogP contribution in [-0.2, 0) is 24.2 Å². The Morgan fingerprint density at radius 2 is 1.79 bits per heavy atom. The first-order valence-electron chi connectivity index (χ1n) is 8.59. The van der Waals surface area contributed by atoms with Gasteiger partial charge in [0.1, 0.15) is 0 Å². The minimum absolute atomic E-state index is 0.0294. The Kier molecular flexibility index (Phi) is 6.25. The maximum Gasteiger partial charge on any atom is 0.312 e. The second-order valence-corrected chi connectivity index (χ2v) is 9.12. The van der Waals surface area contributed by atoms with Gasteiger partial charge in [-0.1, -0.05) is 0 Å². The summed E-state index contributed by atoms with van der Waals surface area (Å²) < 4.78 is 28.5. The first kappa shape index (κ1) is 19.2. The Morgan fingerprint density at radius 1 is 1.17 bits per heavy atom. The lowest BCUT2D eigenvalue weighted by molar-refractivity contribution is -0.157. The van der Waals surface area contributed by atoms with Crippen LogP contribution < -0.4 is 0 Å². The molecule has 2 aliphatic rings. The van der Waals surface area contributed by atoms with E-state index in [1.165, 1.54) is 12.0 Å². The molecule has 8 heteroatoms. The summed E-state index contributed by atoms with van der Waals surface area (Å²) in [6.07, 6.45) is 3.21. The van der Waals surface area contributed by atoms with Crippen LogP contribution in [-0.4, -0.2) is 79.9 Å². The molecule has 2 rings (SSSR count). The van der Waals surface area contributed by atoms with E-state index in [-0.39, 0.29) is 36.7 Å². The number of carbonyl (C=O) groups is 2. The van der Waals surface area contributed by atoms with Crippen molar-refractivity contribution in [3.63, 3.8) is 0 Å². The van der Waals surface area contributed by atoms with Gasteiger partial charge in [-0.05, 0) is 39.5 Å². The van der Waals surface area contributed by atoms with E-state index in [1.54, 1.807) is 4.90 Å². The van der Waals surface area contributed by atoms with Crippen LogP contribution in [0.5, 0.6) is 0 Å². The van der Waals surface area contributed by atoms with Crippen molar-refractivity contribution in [2.45, 2.75) is 57.7 Å². The lowest BCUT2D eigenvalue weighted by Gasteiger charge is -2.40. The number of hydrogen-bond donors (Lipinski definition) is 0. The summed E-state index contributed by atoms with van der Waals surface area (Å²) in [5.74, 6) is -1.12. The van der Waals surface area contributed by atoms with Crippen LogP contribution in [0.1, 0.15) is 39.5 Å². The second-order valence-electron chi connectivity index (χ2n) is 6.89. The number of ether oxygens (including phenoxy) is 1. The molecular formula is C16H28N2O5S. The molecule has 0 aromatic carbocycles. The summed E-state index contributed by atoms with van der Waals surface area (Å²) in [5, 5.41) is 0. The van der Waals surface area contributed by atoms with Crippen molar-refractivity contribution < 1.29 is 22.7 Å². The highest BCUT2D eigenvalue weighted by Crippen LogP contribution is 2.24. The average Bonchev–Trinajstić information content (AvgIpc) is 2.87. The topological polar surface area (TPSA) is 84.0 Å². The number of hydrogen-bond acceptors (Lipinski definition) is 5. The Hall–Kier alpha value is -1.15. The summed E-state index contributed by atoms with van der Waals surface area (Å²) in [4.78, 5) is 28.7. The van der Waals surface area contributed by atoms with Gasteiger partial charge in [0.05, 0.1) is 18.1 Å². The van der Waals surface area contributed by atoms with E-state index in [2.05, 4.69) is 0 Å². The number of methoxy groups -OCH3 is 1. The molecular weight excluding hydrogens is 332 g/mol. The SMILES string of the molecule is COCCN(C(=O)C(=O)N1C(C)CCCC1C)C1CCS(=O)(=O)C1. The summed E-state index contributed by atoms with van der Waals surface area (Å²) in [5.41, 5.74) is 0. The van der Waals surface area contributed by atoms with E-state index in [1.807, 2.05) is 13.8 Å². The molecule has 7 nitrogen and oxygen atoms in total. The van der Waals surface area contributed by atoms with E-state index in [0.29, 0.717) is 6.42 Å². The lowest BCUT2D eigenvalue weighted by atomic mass is 9.97. The zero-order valence-corrected chi connectivity index (χ0v) is 15.5. The van der Waals surface area contributed by atoms with Crippen LogP contribution in [0.25, 0.3) is 0 Å². The molecule has 2 aliphatic heterocycles. The van der Waals surface area contributed by atoms with Crippen LogP contribution in [0, 0.1) is 0 Å². The number of rotatable bonds is 4. The second kappa shape index (κ2) is 7.82. The highest BCUT2D eigenvalue weighted by Gasteiger charge is 2.40. The van der Waals surface area contributed by atoms with Gasteiger partial charge in [-0.25, -0.2) is 8.42 Å². The minimum Gasteiger partial charge on any atom is -0.383 e. The number of carbonyl (C=O) groups excluding carboxylic acids is 2. The molecule has 2 saturated heterocycles. The third-order valence-corrected chi connectivity index (χ3v) is 6.81. The fourth-order valence-corrected chi connectivity index (χ4v) is 5.45. The molecule has 0 aliphatic carbocycles. The van der Waals surface area contributed by atoms with Gasteiger partial charge in [-0.3, -0.25) is 9.59 Å². The molecule has 3 unspecified atom stereocenters. The Bertz CT molecular complexity index is 567. The van der Waals surface area contributed by atoms with Crippen molar-refractivity contribution in [1.29, 1.82) is 0 Å². The van der Waals surface area contributed by atoms with Crippen LogP contribution >= 0.6 is 0 Å². The van der Waals surface area contributed by atoms with Crippen LogP contribution in [0.2, 0.25) is 0 Å². The summed E-state index contributed by atoms with van der Waals surface area (Å²) >= 11 is 0. The molecule has 138 valence electrons. The Labute approximate surface area is 144 Å². The van der Waals surface area contributed by atoms with Gasteiger partial charge in [-0.15, -0.1) is 0 Å². The third-order valence-electron chi connectivity index (χ3n) is 5.06. The largest absolute Gasteiger partial charge is 0.383 e. The molecule has 3 atom stereocenters. The van der Waals surface area contributed by atoms with Crippen molar-refractivity contribution in [2.75, 3.05) is 31.8 Å². The van der Waals surface area contributed by atoms with Gasteiger partial charge < -0.3 is 14.5 Å². The molecule has 0 aromatic rings. The zero-order chi connectivity index (χ0) is 17.9. The highest BCUT2D eigenvalue weighted by atomic mass is 32.2. The standard InChI is InChI=1S/C16H28N2O5S/c1-12-5-4-6-13(2)18(12)16(20)15(19)17(8-9-23-3)14-7-10-24(21,22)11-14/h12-14H,4-11H2,1-3H3. The summed E-state index contributed by atoms with van der Waals surface area (Å²) in [6.45, 7) is 4.43. The monoisotopic (exact) mass is 360 g/mol. The number of amides is 2. The van der Waals surface area contributed by atoms with Gasteiger partial charge in [0.2, 0.25) is 0 Å². The van der Waals surface area contributed by atoms with Crippen LogP contribution in [0.4, 0.5) is 0 Å². The van der Waals surface area contributed by atoms with E-state index in [9.17, 15) is 18.0 Å². The molecule has 0 bridgehead atoms. The molecule has 0 N–H and O–H groups in total. The van der Waals surface area contributed by atoms with E-state index in [0.717, 1.165) is 19.3 Å². The smallest absolute Gasteiger partial charge is 0.312 e. The van der Waals surface area contributed by atoms with Gasteiger partial charge in [0.25, 0.3) is 0 Å². The van der Waals surface area contributed by atoms with Crippen molar-refractivity contribution in [1.82, 2.24) is 9.80 Å². The quantitative estimate of drug-likeness (QED) is 0.679. The summed E-state index contributed by atoms with van der Waals surface area (Å²) in [7, 11) is -1.61. The molecule has 24 heavy (non-hydrogen) atoms. The predicted molar refractivity (Wildman–Crippen MR) is 90.3 cm³/mol.